The number of aromatic amines is 1. The lowest BCUT2D eigenvalue weighted by atomic mass is 10.2. The fourth-order valence-corrected chi connectivity index (χ4v) is 1.50. The maximum atomic E-state index is 2.86. The lowest BCUT2D eigenvalue weighted by molar-refractivity contribution is 0.969. The molecule has 2 aromatic heterocycles. The molecular formula is C13H14N2. The van der Waals surface area contributed by atoms with Crippen molar-refractivity contribution < 1.29 is 0 Å². The number of aromatic nitrogens is 2. The van der Waals surface area contributed by atoms with Crippen LogP contribution >= 0.6 is 0 Å². The summed E-state index contributed by atoms with van der Waals surface area (Å²) in [6, 6.07) is 14.4. The largest absolute Gasteiger partial charge is 0.368 e. The number of benzene rings is 1. The van der Waals surface area contributed by atoms with E-state index in [1.807, 2.05) is 24.5 Å². The van der Waals surface area contributed by atoms with Crippen molar-refractivity contribution >= 4 is 10.9 Å². The topological polar surface area (TPSA) is 20.7 Å². The zero-order valence-corrected chi connectivity index (χ0v) is 8.72. The van der Waals surface area contributed by atoms with Gasteiger partial charge in [0.1, 0.15) is 0 Å². The highest BCUT2D eigenvalue weighted by atomic mass is 14.9. The van der Waals surface area contributed by atoms with E-state index in [1.54, 1.807) is 0 Å². The summed E-state index contributed by atoms with van der Waals surface area (Å²) in [5.74, 6) is 0. The third-order valence-electron chi connectivity index (χ3n) is 2.29. The average molecular weight is 198 g/mol. The molecule has 0 atom stereocenters. The van der Waals surface area contributed by atoms with E-state index >= 15 is 0 Å². The van der Waals surface area contributed by atoms with Gasteiger partial charge in [0, 0.05) is 31.2 Å². The molecule has 0 saturated heterocycles. The minimum absolute atomic E-state index is 1.29. The lowest BCUT2D eigenvalue weighted by Gasteiger charge is -1.92. The molecule has 2 heterocycles. The van der Waals surface area contributed by atoms with Crippen LogP contribution in [0.2, 0.25) is 0 Å². The molecule has 0 aliphatic rings. The van der Waals surface area contributed by atoms with Gasteiger partial charge >= 0.3 is 0 Å². The number of hydrogen-bond donors (Lipinski definition) is 1. The lowest BCUT2D eigenvalue weighted by Crippen LogP contribution is -1.81. The number of rotatable bonds is 0. The van der Waals surface area contributed by atoms with Crippen LogP contribution in [0.4, 0.5) is 0 Å². The van der Waals surface area contributed by atoms with Gasteiger partial charge in [-0.1, -0.05) is 18.2 Å². The fourth-order valence-electron chi connectivity index (χ4n) is 1.50. The maximum Gasteiger partial charge on any atom is 0.0477 e. The van der Waals surface area contributed by atoms with E-state index in [2.05, 4.69) is 53.1 Å². The minimum Gasteiger partial charge on any atom is -0.368 e. The molecule has 0 aliphatic carbocycles. The Hall–Kier alpha value is -1.96. The van der Waals surface area contributed by atoms with Crippen LogP contribution in [0, 0.1) is 0 Å². The standard InChI is InChI=1S/C9H9N.C4H5N/c1-10-7-6-8-4-2-3-5-9(8)10;1-2-4-5-3-1/h2-7H,1H3;1-5H. The van der Waals surface area contributed by atoms with Crippen LogP contribution in [0.25, 0.3) is 10.9 Å². The van der Waals surface area contributed by atoms with Crippen LogP contribution in [0.3, 0.4) is 0 Å². The summed E-state index contributed by atoms with van der Waals surface area (Å²) >= 11 is 0. The van der Waals surface area contributed by atoms with Gasteiger partial charge in [-0.3, -0.25) is 0 Å². The van der Waals surface area contributed by atoms with Gasteiger partial charge in [-0.05, 0) is 29.7 Å². The predicted molar refractivity (Wildman–Crippen MR) is 63.7 cm³/mol. The molecule has 0 radical (unpaired) electrons. The molecule has 2 nitrogen and oxygen atoms in total. The van der Waals surface area contributed by atoms with Gasteiger partial charge in [0.05, 0.1) is 0 Å². The second-order valence-electron chi connectivity index (χ2n) is 3.37. The first-order valence-corrected chi connectivity index (χ1v) is 4.96. The normalized spacial score (nSPS) is 9.67. The molecule has 0 aliphatic heterocycles. The summed E-state index contributed by atoms with van der Waals surface area (Å²) in [7, 11) is 2.06. The van der Waals surface area contributed by atoms with Crippen molar-refractivity contribution in [3.63, 3.8) is 0 Å². The summed E-state index contributed by atoms with van der Waals surface area (Å²) < 4.78 is 2.12. The number of H-pyrrole nitrogens is 1. The van der Waals surface area contributed by atoms with E-state index in [4.69, 9.17) is 0 Å². The molecule has 0 fully saturated rings. The smallest absolute Gasteiger partial charge is 0.0477 e. The first-order valence-electron chi connectivity index (χ1n) is 4.96. The number of nitrogens with zero attached hydrogens (tertiary/aromatic N) is 1. The molecule has 1 N–H and O–H groups in total. The number of nitrogens with one attached hydrogen (secondary N) is 1. The first kappa shape index (κ1) is 9.59. The summed E-state index contributed by atoms with van der Waals surface area (Å²) in [5, 5.41) is 1.31. The van der Waals surface area contributed by atoms with Crippen molar-refractivity contribution in [3.8, 4) is 0 Å². The van der Waals surface area contributed by atoms with Crippen LogP contribution < -0.4 is 0 Å². The van der Waals surface area contributed by atoms with E-state index in [0.717, 1.165) is 0 Å². The van der Waals surface area contributed by atoms with E-state index in [0.29, 0.717) is 0 Å². The van der Waals surface area contributed by atoms with E-state index in [-0.39, 0.29) is 0 Å². The molecule has 2 heteroatoms. The predicted octanol–water partition coefficient (Wildman–Crippen LogP) is 3.19. The van der Waals surface area contributed by atoms with E-state index in [9.17, 15) is 0 Å². The fraction of sp³-hybridized carbons (Fsp3) is 0.0769. The van der Waals surface area contributed by atoms with Gasteiger partial charge in [0.15, 0.2) is 0 Å². The minimum atomic E-state index is 1.29. The van der Waals surface area contributed by atoms with Crippen LogP contribution in [0.5, 0.6) is 0 Å². The first-order chi connectivity index (χ1) is 7.38. The molecule has 0 saturated carbocycles. The van der Waals surface area contributed by atoms with Crippen molar-refractivity contribution in [1.29, 1.82) is 0 Å². The van der Waals surface area contributed by atoms with Gasteiger partial charge in [0.2, 0.25) is 0 Å². The summed E-state index contributed by atoms with van der Waals surface area (Å²) in [6.07, 6.45) is 5.82. The maximum absolute atomic E-state index is 2.86. The molecule has 0 spiro atoms. The molecule has 3 aromatic rings. The SMILES string of the molecule is Cn1ccc2ccccc21.c1cc[nH]c1. The van der Waals surface area contributed by atoms with Gasteiger partial charge in [-0.15, -0.1) is 0 Å². The van der Waals surface area contributed by atoms with Crippen LogP contribution in [-0.2, 0) is 7.05 Å². The Morgan fingerprint density at radius 2 is 1.67 bits per heavy atom. The van der Waals surface area contributed by atoms with Crippen LogP contribution in [0.1, 0.15) is 0 Å². The molecule has 0 amide bonds. The number of hydrogen-bond acceptors (Lipinski definition) is 0. The second kappa shape index (κ2) is 4.51. The van der Waals surface area contributed by atoms with Crippen molar-refractivity contribution in [3.05, 3.63) is 61.1 Å². The second-order valence-corrected chi connectivity index (χ2v) is 3.37. The number of fused-ring (bicyclic) bond motifs is 1. The molecule has 3 rings (SSSR count). The molecule has 76 valence electrons. The Labute approximate surface area is 89.2 Å². The highest BCUT2D eigenvalue weighted by Crippen LogP contribution is 2.12. The van der Waals surface area contributed by atoms with Crippen LogP contribution in [0.15, 0.2) is 61.1 Å². The summed E-state index contributed by atoms with van der Waals surface area (Å²) in [5.41, 5.74) is 1.29. The summed E-state index contributed by atoms with van der Waals surface area (Å²) in [6.45, 7) is 0. The molecule has 1 aromatic carbocycles. The number of aryl methyl sites for hydroxylation is 1. The third kappa shape index (κ3) is 2.29. The van der Waals surface area contributed by atoms with E-state index < -0.39 is 0 Å². The van der Waals surface area contributed by atoms with Crippen molar-refractivity contribution in [2.45, 2.75) is 0 Å². The summed E-state index contributed by atoms with van der Waals surface area (Å²) in [4.78, 5) is 2.86. The van der Waals surface area contributed by atoms with Gasteiger partial charge in [-0.25, -0.2) is 0 Å². The zero-order valence-electron chi connectivity index (χ0n) is 8.72. The monoisotopic (exact) mass is 198 g/mol. The average Bonchev–Trinajstić information content (AvgIpc) is 2.92. The number of para-hydroxylation sites is 1. The van der Waals surface area contributed by atoms with Gasteiger partial charge < -0.3 is 9.55 Å². The molecule has 0 unspecified atom stereocenters. The molecule has 0 bridgehead atoms. The quantitative estimate of drug-likeness (QED) is 0.572. The van der Waals surface area contributed by atoms with Crippen molar-refractivity contribution in [2.24, 2.45) is 7.05 Å². The molecule has 15 heavy (non-hydrogen) atoms. The van der Waals surface area contributed by atoms with Gasteiger partial charge in [-0.2, -0.15) is 0 Å². The third-order valence-corrected chi connectivity index (χ3v) is 2.29. The van der Waals surface area contributed by atoms with Crippen molar-refractivity contribution in [2.75, 3.05) is 0 Å². The Morgan fingerprint density at radius 1 is 0.933 bits per heavy atom. The Balaban J connectivity index is 0.000000144. The highest BCUT2D eigenvalue weighted by molar-refractivity contribution is 5.79. The Bertz CT molecular complexity index is 489. The van der Waals surface area contributed by atoms with Crippen LogP contribution in [-0.4, -0.2) is 9.55 Å². The molecular weight excluding hydrogens is 184 g/mol. The Kier molecular flexibility index (Phi) is 2.88. The Morgan fingerprint density at radius 3 is 2.27 bits per heavy atom. The van der Waals surface area contributed by atoms with Crippen molar-refractivity contribution in [1.82, 2.24) is 9.55 Å². The highest BCUT2D eigenvalue weighted by Gasteiger charge is 1.92. The zero-order chi connectivity index (χ0) is 10.5. The van der Waals surface area contributed by atoms with E-state index in [1.165, 1.54) is 10.9 Å². The van der Waals surface area contributed by atoms with Gasteiger partial charge in [0.25, 0.3) is 0 Å².